The zero-order valence-corrected chi connectivity index (χ0v) is 17.3. The molecular weight excluding hydrogens is 376 g/mol. The molecule has 4 rings (SSSR count). The van der Waals surface area contributed by atoms with E-state index >= 15 is 0 Å². The second-order valence-electron chi connectivity index (χ2n) is 7.31. The van der Waals surface area contributed by atoms with E-state index in [1.165, 1.54) is 0 Å². The summed E-state index contributed by atoms with van der Waals surface area (Å²) in [6.07, 6.45) is 0.238. The molecule has 0 atom stereocenters. The van der Waals surface area contributed by atoms with Crippen LogP contribution in [0.15, 0.2) is 60.7 Å². The summed E-state index contributed by atoms with van der Waals surface area (Å²) < 4.78 is 7.30. The highest BCUT2D eigenvalue weighted by molar-refractivity contribution is 5.90. The molecule has 0 bridgehead atoms. The molecule has 0 spiro atoms. The van der Waals surface area contributed by atoms with Crippen LogP contribution >= 0.6 is 0 Å². The zero-order chi connectivity index (χ0) is 21.1. The molecule has 2 aromatic heterocycles. The SMILES string of the molecule is Cc1cc(NC(=O)CCOc2ccccc2)n(-c2cc(C)c3cccc(C)c3n2)n1. The first-order chi connectivity index (χ1) is 14.5. The van der Waals surface area contributed by atoms with E-state index in [-0.39, 0.29) is 12.3 Å². The van der Waals surface area contributed by atoms with E-state index in [0.717, 1.165) is 33.5 Å². The summed E-state index contributed by atoms with van der Waals surface area (Å²) in [6, 6.07) is 19.4. The van der Waals surface area contributed by atoms with Crippen molar-refractivity contribution >= 4 is 22.6 Å². The predicted molar refractivity (Wildman–Crippen MR) is 118 cm³/mol. The predicted octanol–water partition coefficient (Wildman–Crippen LogP) is 4.75. The number of carbonyl (C=O) groups is 1. The van der Waals surface area contributed by atoms with Crippen LogP contribution in [0.1, 0.15) is 23.2 Å². The van der Waals surface area contributed by atoms with Crippen LogP contribution in [0, 0.1) is 20.8 Å². The van der Waals surface area contributed by atoms with Gasteiger partial charge in [0.25, 0.3) is 0 Å². The van der Waals surface area contributed by atoms with Crippen LogP contribution in [0.3, 0.4) is 0 Å². The number of benzene rings is 2. The lowest BCUT2D eigenvalue weighted by molar-refractivity contribution is -0.116. The molecule has 2 heterocycles. The molecule has 4 aromatic rings. The van der Waals surface area contributed by atoms with Crippen LogP contribution in [0.25, 0.3) is 16.7 Å². The number of pyridine rings is 1. The average molecular weight is 400 g/mol. The molecule has 0 unspecified atom stereocenters. The summed E-state index contributed by atoms with van der Waals surface area (Å²) in [5.74, 6) is 1.88. The van der Waals surface area contributed by atoms with Gasteiger partial charge >= 0.3 is 0 Å². The van der Waals surface area contributed by atoms with Gasteiger partial charge < -0.3 is 10.1 Å². The van der Waals surface area contributed by atoms with Crippen molar-refractivity contribution in [3.05, 3.63) is 77.5 Å². The van der Waals surface area contributed by atoms with Crippen LogP contribution in [-0.4, -0.2) is 27.3 Å². The van der Waals surface area contributed by atoms with Gasteiger partial charge in [-0.1, -0.05) is 36.4 Å². The number of hydrogen-bond donors (Lipinski definition) is 1. The zero-order valence-electron chi connectivity index (χ0n) is 17.3. The first-order valence-corrected chi connectivity index (χ1v) is 9.93. The minimum absolute atomic E-state index is 0.138. The molecule has 0 aliphatic rings. The van der Waals surface area contributed by atoms with Gasteiger partial charge in [-0.25, -0.2) is 4.98 Å². The number of ether oxygens (including phenoxy) is 1. The maximum atomic E-state index is 12.5. The van der Waals surface area contributed by atoms with Gasteiger partial charge in [0.2, 0.25) is 5.91 Å². The Balaban J connectivity index is 1.53. The third-order valence-corrected chi connectivity index (χ3v) is 4.89. The second-order valence-corrected chi connectivity index (χ2v) is 7.31. The molecule has 2 aromatic carbocycles. The highest BCUT2D eigenvalue weighted by Crippen LogP contribution is 2.24. The largest absolute Gasteiger partial charge is 0.493 e. The smallest absolute Gasteiger partial charge is 0.228 e. The van der Waals surface area contributed by atoms with Crippen molar-refractivity contribution in [2.45, 2.75) is 27.2 Å². The second kappa shape index (κ2) is 8.37. The van der Waals surface area contributed by atoms with Crippen LogP contribution < -0.4 is 10.1 Å². The summed E-state index contributed by atoms with van der Waals surface area (Å²) in [7, 11) is 0. The molecule has 6 nitrogen and oxygen atoms in total. The number of nitrogens with one attached hydrogen (secondary N) is 1. The summed E-state index contributed by atoms with van der Waals surface area (Å²) in [5.41, 5.74) is 3.95. The molecule has 30 heavy (non-hydrogen) atoms. The van der Waals surface area contributed by atoms with Crippen molar-refractivity contribution in [3.8, 4) is 11.6 Å². The number of amides is 1. The Kier molecular flexibility index (Phi) is 5.48. The molecular formula is C24H24N4O2. The fourth-order valence-corrected chi connectivity index (χ4v) is 3.40. The molecule has 0 fully saturated rings. The summed E-state index contributed by atoms with van der Waals surface area (Å²) in [6.45, 7) is 6.30. The molecule has 0 aliphatic carbocycles. The molecule has 0 radical (unpaired) electrons. The number of carbonyl (C=O) groups excluding carboxylic acids is 1. The lowest BCUT2D eigenvalue weighted by Crippen LogP contribution is -2.18. The Morgan fingerprint density at radius 2 is 1.80 bits per heavy atom. The molecule has 0 aliphatic heterocycles. The Hall–Kier alpha value is -3.67. The summed E-state index contributed by atoms with van der Waals surface area (Å²) >= 11 is 0. The first kappa shape index (κ1) is 19.6. The van der Waals surface area contributed by atoms with E-state index < -0.39 is 0 Å². The fraction of sp³-hybridized carbons (Fsp3) is 0.208. The summed E-state index contributed by atoms with van der Waals surface area (Å²) in [4.78, 5) is 17.3. The normalized spacial score (nSPS) is 10.9. The topological polar surface area (TPSA) is 69.0 Å². The van der Waals surface area contributed by atoms with Gasteiger partial charge in [-0.2, -0.15) is 9.78 Å². The maximum absolute atomic E-state index is 12.5. The van der Waals surface area contributed by atoms with E-state index in [1.807, 2.05) is 68.4 Å². The molecule has 1 N–H and O–H groups in total. The lowest BCUT2D eigenvalue weighted by Gasteiger charge is -2.12. The van der Waals surface area contributed by atoms with E-state index in [0.29, 0.717) is 18.2 Å². The van der Waals surface area contributed by atoms with Crippen molar-refractivity contribution < 1.29 is 9.53 Å². The summed E-state index contributed by atoms with van der Waals surface area (Å²) in [5, 5.41) is 8.60. The number of rotatable bonds is 6. The molecule has 6 heteroatoms. The first-order valence-electron chi connectivity index (χ1n) is 9.93. The van der Waals surface area contributed by atoms with E-state index in [9.17, 15) is 4.79 Å². The third kappa shape index (κ3) is 4.17. The van der Waals surface area contributed by atoms with Crippen LogP contribution in [-0.2, 0) is 4.79 Å². The van der Waals surface area contributed by atoms with Crippen molar-refractivity contribution in [1.29, 1.82) is 0 Å². The monoisotopic (exact) mass is 400 g/mol. The Labute approximate surface area is 175 Å². The van der Waals surface area contributed by atoms with Gasteiger partial charge in [0, 0.05) is 11.5 Å². The van der Waals surface area contributed by atoms with E-state index in [1.54, 1.807) is 4.68 Å². The number of nitrogens with zero attached hydrogens (tertiary/aromatic N) is 3. The van der Waals surface area contributed by atoms with Crippen LogP contribution in [0.5, 0.6) is 5.75 Å². The Morgan fingerprint density at radius 1 is 1.00 bits per heavy atom. The number of aromatic nitrogens is 3. The molecule has 0 saturated heterocycles. The number of anilines is 1. The Morgan fingerprint density at radius 3 is 2.60 bits per heavy atom. The van der Waals surface area contributed by atoms with Gasteiger partial charge in [-0.05, 0) is 50.1 Å². The fourth-order valence-electron chi connectivity index (χ4n) is 3.40. The van der Waals surface area contributed by atoms with Crippen molar-refractivity contribution in [2.24, 2.45) is 0 Å². The highest BCUT2D eigenvalue weighted by atomic mass is 16.5. The number of aryl methyl sites for hydroxylation is 3. The Bertz CT molecular complexity index is 1200. The minimum atomic E-state index is -0.138. The lowest BCUT2D eigenvalue weighted by atomic mass is 10.1. The van der Waals surface area contributed by atoms with Crippen molar-refractivity contribution in [3.63, 3.8) is 0 Å². The van der Waals surface area contributed by atoms with Crippen LogP contribution in [0.4, 0.5) is 5.82 Å². The van der Waals surface area contributed by atoms with Gasteiger partial charge in [0.15, 0.2) is 5.82 Å². The number of fused-ring (bicyclic) bond motifs is 1. The molecule has 1 amide bonds. The van der Waals surface area contributed by atoms with Gasteiger partial charge in [-0.15, -0.1) is 0 Å². The van der Waals surface area contributed by atoms with Crippen molar-refractivity contribution in [2.75, 3.05) is 11.9 Å². The molecule has 0 saturated carbocycles. The molecule has 152 valence electrons. The average Bonchev–Trinajstić information content (AvgIpc) is 3.09. The minimum Gasteiger partial charge on any atom is -0.493 e. The standard InChI is InChI=1S/C24H24N4O2/c1-16-8-7-11-20-17(2)14-21(26-24(16)20)28-22(15-18(3)27-28)25-23(29)12-13-30-19-9-5-4-6-10-19/h4-11,14-15H,12-13H2,1-3H3,(H,25,29). The third-order valence-electron chi connectivity index (χ3n) is 4.89. The van der Waals surface area contributed by atoms with E-state index in [4.69, 9.17) is 9.72 Å². The van der Waals surface area contributed by atoms with Gasteiger partial charge in [0.05, 0.1) is 24.2 Å². The van der Waals surface area contributed by atoms with Gasteiger partial charge in [0.1, 0.15) is 11.6 Å². The number of para-hydroxylation sites is 2. The quantitative estimate of drug-likeness (QED) is 0.507. The van der Waals surface area contributed by atoms with Crippen molar-refractivity contribution in [1.82, 2.24) is 14.8 Å². The number of hydrogen-bond acceptors (Lipinski definition) is 4. The highest BCUT2D eigenvalue weighted by Gasteiger charge is 2.14. The van der Waals surface area contributed by atoms with Gasteiger partial charge in [-0.3, -0.25) is 4.79 Å². The maximum Gasteiger partial charge on any atom is 0.228 e. The van der Waals surface area contributed by atoms with E-state index in [2.05, 4.69) is 23.4 Å². The van der Waals surface area contributed by atoms with Crippen LogP contribution in [0.2, 0.25) is 0 Å².